The summed E-state index contributed by atoms with van der Waals surface area (Å²) in [7, 11) is 3.85. The van der Waals surface area contributed by atoms with Gasteiger partial charge >= 0.3 is 0 Å². The normalized spacial score (nSPS) is 11.4. The van der Waals surface area contributed by atoms with Gasteiger partial charge in [0.1, 0.15) is 12.1 Å². The smallest absolute Gasteiger partial charge is 0.248 e. The van der Waals surface area contributed by atoms with Gasteiger partial charge in [-0.1, -0.05) is 23.7 Å². The maximum Gasteiger partial charge on any atom is 0.248 e. The third kappa shape index (κ3) is 4.88. The topological polar surface area (TPSA) is 70.2 Å². The Kier molecular flexibility index (Phi) is 6.41. The quantitative estimate of drug-likeness (QED) is 0.581. The van der Waals surface area contributed by atoms with Crippen LogP contribution >= 0.6 is 11.6 Å². The number of rotatable bonds is 6. The second-order valence-electron chi connectivity index (χ2n) is 6.73. The Morgan fingerprint density at radius 3 is 2.76 bits per heavy atom. The molecule has 1 amide bonds. The molecule has 6 nitrogen and oxygen atoms in total. The number of hydrogen-bond donors (Lipinski definition) is 2. The molecule has 1 heterocycles. The van der Waals surface area contributed by atoms with E-state index in [-0.39, 0.29) is 16.6 Å². The number of likely N-dealkylation sites (N-methyl/N-ethyl adjacent to an activating group) is 1. The molecule has 0 aliphatic carbocycles. The van der Waals surface area contributed by atoms with Crippen LogP contribution in [0.4, 0.5) is 21.6 Å². The molecule has 0 bridgehead atoms. The molecular formula is C21H21ClFN5O. The standard InChI is InChI=1S/C21H21ClFN5O/c1-13-15(26-18(29)8-5-11-28(2)3)9-10-16-19(13)21(25-12-24-16)27-17-7-4-6-14(22)20(17)23/h4-10,12H,11H2,1-3H3,(H,26,29)(H,24,25,27)/b8-5+. The summed E-state index contributed by atoms with van der Waals surface area (Å²) in [5.41, 5.74) is 2.27. The first kappa shape index (κ1) is 20.7. The number of hydrogen-bond acceptors (Lipinski definition) is 5. The average Bonchev–Trinajstić information content (AvgIpc) is 2.67. The van der Waals surface area contributed by atoms with Gasteiger partial charge in [-0.2, -0.15) is 0 Å². The van der Waals surface area contributed by atoms with E-state index in [2.05, 4.69) is 20.6 Å². The van der Waals surface area contributed by atoms with E-state index in [9.17, 15) is 9.18 Å². The van der Waals surface area contributed by atoms with Crippen molar-refractivity contribution < 1.29 is 9.18 Å². The summed E-state index contributed by atoms with van der Waals surface area (Å²) < 4.78 is 14.3. The Hall–Kier alpha value is -3.03. The Labute approximate surface area is 173 Å². The number of carbonyl (C=O) groups is 1. The van der Waals surface area contributed by atoms with Crippen molar-refractivity contribution in [1.29, 1.82) is 0 Å². The molecule has 2 aromatic carbocycles. The van der Waals surface area contributed by atoms with E-state index >= 15 is 0 Å². The van der Waals surface area contributed by atoms with E-state index in [0.717, 1.165) is 5.56 Å². The molecule has 0 fully saturated rings. The number of carbonyl (C=O) groups excluding carboxylic acids is 1. The van der Waals surface area contributed by atoms with Crippen molar-refractivity contribution in [2.75, 3.05) is 31.3 Å². The summed E-state index contributed by atoms with van der Waals surface area (Å²) in [4.78, 5) is 22.7. The first-order valence-corrected chi connectivity index (χ1v) is 9.32. The van der Waals surface area contributed by atoms with E-state index in [1.165, 1.54) is 18.5 Å². The zero-order chi connectivity index (χ0) is 21.0. The summed E-state index contributed by atoms with van der Waals surface area (Å²) in [6, 6.07) is 8.26. The predicted molar refractivity (Wildman–Crippen MR) is 115 cm³/mol. The van der Waals surface area contributed by atoms with Gasteiger partial charge in [-0.05, 0) is 50.8 Å². The number of benzene rings is 2. The summed E-state index contributed by atoms with van der Waals surface area (Å²) in [6.07, 6.45) is 4.67. The van der Waals surface area contributed by atoms with Crippen LogP contribution in [0.25, 0.3) is 10.9 Å². The van der Waals surface area contributed by atoms with Gasteiger partial charge in [0.25, 0.3) is 0 Å². The highest BCUT2D eigenvalue weighted by molar-refractivity contribution is 6.31. The summed E-state index contributed by atoms with van der Waals surface area (Å²) in [5, 5.41) is 6.54. The van der Waals surface area contributed by atoms with Crippen LogP contribution < -0.4 is 10.6 Å². The largest absolute Gasteiger partial charge is 0.337 e. The monoisotopic (exact) mass is 413 g/mol. The summed E-state index contributed by atoms with van der Waals surface area (Å²) >= 11 is 5.87. The summed E-state index contributed by atoms with van der Waals surface area (Å²) in [6.45, 7) is 2.52. The molecule has 150 valence electrons. The Morgan fingerprint density at radius 1 is 1.21 bits per heavy atom. The van der Waals surface area contributed by atoms with Crippen LogP contribution in [0.5, 0.6) is 0 Å². The molecular weight excluding hydrogens is 393 g/mol. The number of anilines is 3. The first-order chi connectivity index (χ1) is 13.9. The molecule has 1 aromatic heterocycles. The lowest BCUT2D eigenvalue weighted by Gasteiger charge is -2.14. The molecule has 0 aliphatic rings. The minimum Gasteiger partial charge on any atom is -0.337 e. The predicted octanol–water partition coefficient (Wildman–Crippen LogP) is 4.53. The summed E-state index contributed by atoms with van der Waals surface area (Å²) in [5.74, 6) is -0.372. The number of halogens is 2. The number of fused-ring (bicyclic) bond motifs is 1. The van der Waals surface area contributed by atoms with Crippen molar-refractivity contribution in [1.82, 2.24) is 14.9 Å². The fraction of sp³-hybridized carbons (Fsp3) is 0.190. The second-order valence-corrected chi connectivity index (χ2v) is 7.14. The molecule has 0 atom stereocenters. The van der Waals surface area contributed by atoms with Gasteiger partial charge in [-0.15, -0.1) is 0 Å². The second kappa shape index (κ2) is 8.98. The molecule has 8 heteroatoms. The van der Waals surface area contributed by atoms with E-state index in [4.69, 9.17) is 11.6 Å². The van der Waals surface area contributed by atoms with Crippen LogP contribution in [0.3, 0.4) is 0 Å². The zero-order valence-corrected chi connectivity index (χ0v) is 17.1. The maximum atomic E-state index is 14.3. The maximum absolute atomic E-state index is 14.3. The average molecular weight is 414 g/mol. The lowest BCUT2D eigenvalue weighted by molar-refractivity contribution is -0.111. The van der Waals surface area contributed by atoms with Crippen LogP contribution in [-0.2, 0) is 4.79 Å². The molecule has 3 rings (SSSR count). The number of nitrogens with zero attached hydrogens (tertiary/aromatic N) is 3. The molecule has 0 saturated carbocycles. The van der Waals surface area contributed by atoms with Crippen molar-refractivity contribution in [3.05, 3.63) is 65.2 Å². The molecule has 0 spiro atoms. The third-order valence-electron chi connectivity index (χ3n) is 4.27. The van der Waals surface area contributed by atoms with E-state index < -0.39 is 5.82 Å². The van der Waals surface area contributed by atoms with Gasteiger partial charge in [0, 0.05) is 23.7 Å². The zero-order valence-electron chi connectivity index (χ0n) is 16.3. The van der Waals surface area contributed by atoms with Gasteiger partial charge < -0.3 is 15.5 Å². The fourth-order valence-electron chi connectivity index (χ4n) is 2.82. The van der Waals surface area contributed by atoms with Crippen LogP contribution in [0.1, 0.15) is 5.56 Å². The van der Waals surface area contributed by atoms with Crippen LogP contribution in [0.2, 0.25) is 5.02 Å². The highest BCUT2D eigenvalue weighted by Crippen LogP contribution is 2.32. The number of aryl methyl sites for hydroxylation is 1. The molecule has 0 radical (unpaired) electrons. The molecule has 0 saturated heterocycles. The van der Waals surface area contributed by atoms with Gasteiger partial charge in [0.15, 0.2) is 5.82 Å². The van der Waals surface area contributed by atoms with Crippen molar-refractivity contribution >= 4 is 45.6 Å². The number of aromatic nitrogens is 2. The van der Waals surface area contributed by atoms with Gasteiger partial charge in [-0.3, -0.25) is 4.79 Å². The Morgan fingerprint density at radius 2 is 2.00 bits per heavy atom. The minimum absolute atomic E-state index is 0.0162. The lowest BCUT2D eigenvalue weighted by atomic mass is 10.1. The van der Waals surface area contributed by atoms with Gasteiger partial charge in [0.05, 0.1) is 16.2 Å². The van der Waals surface area contributed by atoms with Crippen LogP contribution in [-0.4, -0.2) is 41.4 Å². The van der Waals surface area contributed by atoms with Gasteiger partial charge in [0.2, 0.25) is 5.91 Å². The van der Waals surface area contributed by atoms with Gasteiger partial charge in [-0.25, -0.2) is 14.4 Å². The Bertz CT molecular complexity index is 1080. The van der Waals surface area contributed by atoms with E-state index in [1.54, 1.807) is 30.3 Å². The molecule has 0 aliphatic heterocycles. The SMILES string of the molecule is Cc1c(NC(=O)/C=C/CN(C)C)ccc2ncnc(Nc3cccc(Cl)c3F)c12. The van der Waals surface area contributed by atoms with Crippen LogP contribution in [0.15, 0.2) is 48.8 Å². The number of nitrogens with one attached hydrogen (secondary N) is 2. The molecule has 3 aromatic rings. The van der Waals surface area contributed by atoms with Crippen molar-refractivity contribution in [2.45, 2.75) is 6.92 Å². The lowest BCUT2D eigenvalue weighted by Crippen LogP contribution is -2.13. The highest BCUT2D eigenvalue weighted by atomic mass is 35.5. The van der Waals surface area contributed by atoms with E-state index in [1.807, 2.05) is 25.9 Å². The molecule has 0 unspecified atom stereocenters. The Balaban J connectivity index is 1.94. The van der Waals surface area contributed by atoms with Crippen molar-refractivity contribution in [3.8, 4) is 0 Å². The highest BCUT2D eigenvalue weighted by Gasteiger charge is 2.14. The van der Waals surface area contributed by atoms with Crippen LogP contribution in [0, 0.1) is 12.7 Å². The van der Waals surface area contributed by atoms with E-state index in [0.29, 0.717) is 29.0 Å². The first-order valence-electron chi connectivity index (χ1n) is 8.94. The minimum atomic E-state index is -0.561. The molecule has 2 N–H and O–H groups in total. The third-order valence-corrected chi connectivity index (χ3v) is 4.56. The fourth-order valence-corrected chi connectivity index (χ4v) is 2.99. The number of amides is 1. The van der Waals surface area contributed by atoms with Crippen molar-refractivity contribution in [3.63, 3.8) is 0 Å². The molecule has 29 heavy (non-hydrogen) atoms. The van der Waals surface area contributed by atoms with Crippen molar-refractivity contribution in [2.24, 2.45) is 0 Å².